The van der Waals surface area contributed by atoms with E-state index in [1.165, 1.54) is 0 Å². The molecule has 7 heteroatoms. The van der Waals surface area contributed by atoms with Crippen LogP contribution in [0.15, 0.2) is 42.5 Å². The maximum absolute atomic E-state index is 13.2. The summed E-state index contributed by atoms with van der Waals surface area (Å²) in [6.07, 6.45) is 0.560. The van der Waals surface area contributed by atoms with Gasteiger partial charge in [-0.1, -0.05) is 41.4 Å². The molecular weight excluding hydrogens is 401 g/mol. The van der Waals surface area contributed by atoms with E-state index in [-0.39, 0.29) is 11.9 Å². The number of likely N-dealkylation sites (tertiary alicyclic amines) is 1. The molecular formula is C21H19Cl2NO4. The fourth-order valence-corrected chi connectivity index (χ4v) is 4.15. The van der Waals surface area contributed by atoms with Crippen molar-refractivity contribution in [2.24, 2.45) is 0 Å². The Morgan fingerprint density at radius 2 is 1.93 bits per heavy atom. The van der Waals surface area contributed by atoms with Crippen LogP contribution >= 0.6 is 23.2 Å². The Balaban J connectivity index is 1.53. The minimum absolute atomic E-state index is 0.184. The molecule has 28 heavy (non-hydrogen) atoms. The summed E-state index contributed by atoms with van der Waals surface area (Å²) in [4.78, 5) is 27.1. The molecule has 2 aromatic carbocycles. The van der Waals surface area contributed by atoms with Gasteiger partial charge in [0.25, 0.3) is 5.91 Å². The van der Waals surface area contributed by atoms with Crippen molar-refractivity contribution >= 4 is 35.1 Å². The highest BCUT2D eigenvalue weighted by atomic mass is 35.5. The van der Waals surface area contributed by atoms with Crippen LogP contribution in [0.5, 0.6) is 5.75 Å². The highest BCUT2D eigenvalue weighted by Gasteiger charge is 2.52. The molecule has 146 valence electrons. The Kier molecular flexibility index (Phi) is 4.55. The van der Waals surface area contributed by atoms with Crippen molar-refractivity contribution in [2.75, 3.05) is 13.1 Å². The lowest BCUT2D eigenvalue weighted by atomic mass is 9.91. The Morgan fingerprint density at radius 1 is 1.18 bits per heavy atom. The second-order valence-electron chi connectivity index (χ2n) is 7.59. The van der Waals surface area contributed by atoms with E-state index in [1.807, 2.05) is 18.2 Å². The van der Waals surface area contributed by atoms with Crippen LogP contribution in [0, 0.1) is 0 Å². The second-order valence-corrected chi connectivity index (χ2v) is 8.41. The summed E-state index contributed by atoms with van der Waals surface area (Å²) < 4.78 is 11.6. The molecule has 4 rings (SSSR count). The van der Waals surface area contributed by atoms with Crippen LogP contribution in [-0.2, 0) is 15.1 Å². The standard InChI is InChI=1S/C21H19Cl2NO4/c1-20(2,27-13-7-8-16(22)17(23)11-13)19(26)24-10-9-21(12-24)15-6-4-3-5-14(15)18(25)28-21/h3-8,11H,9-10,12H2,1-2H3/t21-/m0/s1. The second kappa shape index (κ2) is 6.68. The molecule has 0 aliphatic carbocycles. The van der Waals surface area contributed by atoms with Crippen LogP contribution in [0.4, 0.5) is 0 Å². The van der Waals surface area contributed by atoms with Crippen molar-refractivity contribution in [1.29, 1.82) is 0 Å². The van der Waals surface area contributed by atoms with E-state index in [0.29, 0.717) is 40.9 Å². The average molecular weight is 420 g/mol. The van der Waals surface area contributed by atoms with Gasteiger partial charge in [-0.15, -0.1) is 0 Å². The van der Waals surface area contributed by atoms with Gasteiger partial charge >= 0.3 is 5.97 Å². The molecule has 0 radical (unpaired) electrons. The molecule has 2 aliphatic heterocycles. The Hall–Kier alpha value is -2.24. The summed E-state index contributed by atoms with van der Waals surface area (Å²) in [6.45, 7) is 4.20. The smallest absolute Gasteiger partial charge is 0.339 e. The van der Waals surface area contributed by atoms with Gasteiger partial charge in [-0.2, -0.15) is 0 Å². The SMILES string of the molecule is CC(C)(Oc1ccc(Cl)c(Cl)c1)C(=O)N1CC[C@@]2(C1)OC(=O)c1ccccc12. The predicted octanol–water partition coefficient (Wildman–Crippen LogP) is 4.45. The lowest BCUT2D eigenvalue weighted by molar-refractivity contribution is -0.145. The largest absolute Gasteiger partial charge is 0.478 e. The fourth-order valence-electron chi connectivity index (χ4n) is 3.86. The minimum atomic E-state index is -1.12. The first kappa shape index (κ1) is 19.1. The maximum atomic E-state index is 13.2. The first-order chi connectivity index (χ1) is 13.2. The zero-order valence-electron chi connectivity index (χ0n) is 15.5. The predicted molar refractivity (Wildman–Crippen MR) is 106 cm³/mol. The quantitative estimate of drug-likeness (QED) is 0.689. The van der Waals surface area contributed by atoms with Gasteiger partial charge in [0.1, 0.15) is 5.75 Å². The molecule has 2 aromatic rings. The van der Waals surface area contributed by atoms with Gasteiger partial charge in [-0.25, -0.2) is 4.79 Å². The van der Waals surface area contributed by atoms with Gasteiger partial charge in [-0.05, 0) is 32.0 Å². The van der Waals surface area contributed by atoms with Crippen LogP contribution in [-0.4, -0.2) is 35.5 Å². The third-order valence-corrected chi connectivity index (χ3v) is 5.96. The van der Waals surface area contributed by atoms with Crippen molar-refractivity contribution in [3.05, 3.63) is 63.6 Å². The summed E-state index contributed by atoms with van der Waals surface area (Å²) in [7, 11) is 0. The van der Waals surface area contributed by atoms with Crippen molar-refractivity contribution in [3.8, 4) is 5.75 Å². The molecule has 0 saturated carbocycles. The average Bonchev–Trinajstić information content (AvgIpc) is 3.20. The van der Waals surface area contributed by atoms with E-state index in [2.05, 4.69) is 0 Å². The number of hydrogen-bond donors (Lipinski definition) is 0. The molecule has 0 aromatic heterocycles. The van der Waals surface area contributed by atoms with E-state index in [4.69, 9.17) is 32.7 Å². The number of amides is 1. The number of esters is 1. The van der Waals surface area contributed by atoms with Gasteiger partial charge in [0, 0.05) is 24.6 Å². The van der Waals surface area contributed by atoms with E-state index >= 15 is 0 Å². The number of carbonyl (C=O) groups is 2. The summed E-state index contributed by atoms with van der Waals surface area (Å²) in [5, 5.41) is 0.776. The Bertz CT molecular complexity index is 975. The van der Waals surface area contributed by atoms with E-state index in [0.717, 1.165) is 5.56 Å². The molecule has 1 spiro atoms. The van der Waals surface area contributed by atoms with Crippen LogP contribution in [0.1, 0.15) is 36.2 Å². The number of nitrogens with zero attached hydrogens (tertiary/aromatic N) is 1. The van der Waals surface area contributed by atoms with Crippen LogP contribution in [0.3, 0.4) is 0 Å². The van der Waals surface area contributed by atoms with Crippen LogP contribution < -0.4 is 4.74 Å². The summed E-state index contributed by atoms with van der Waals surface area (Å²) in [5.74, 6) is -0.0635. The summed E-state index contributed by atoms with van der Waals surface area (Å²) in [5.41, 5.74) is -0.477. The third-order valence-electron chi connectivity index (χ3n) is 5.22. The molecule has 2 heterocycles. The number of carbonyl (C=O) groups excluding carboxylic acids is 2. The molecule has 2 aliphatic rings. The van der Waals surface area contributed by atoms with Crippen molar-refractivity contribution in [1.82, 2.24) is 4.90 Å². The topological polar surface area (TPSA) is 55.8 Å². The van der Waals surface area contributed by atoms with E-state index in [1.54, 1.807) is 43.0 Å². The highest BCUT2D eigenvalue weighted by molar-refractivity contribution is 6.42. The van der Waals surface area contributed by atoms with Gasteiger partial charge in [0.15, 0.2) is 11.2 Å². The first-order valence-electron chi connectivity index (χ1n) is 8.98. The summed E-state index contributed by atoms with van der Waals surface area (Å²) >= 11 is 12.0. The normalized spacial score (nSPS) is 21.0. The number of fused-ring (bicyclic) bond motifs is 2. The number of ether oxygens (including phenoxy) is 2. The van der Waals surface area contributed by atoms with Crippen molar-refractivity contribution in [3.63, 3.8) is 0 Å². The molecule has 1 atom stereocenters. The first-order valence-corrected chi connectivity index (χ1v) is 9.74. The molecule has 1 fully saturated rings. The maximum Gasteiger partial charge on any atom is 0.339 e. The fraction of sp³-hybridized carbons (Fsp3) is 0.333. The van der Waals surface area contributed by atoms with Crippen molar-refractivity contribution < 1.29 is 19.1 Å². The minimum Gasteiger partial charge on any atom is -0.478 e. The van der Waals surface area contributed by atoms with Gasteiger partial charge in [-0.3, -0.25) is 4.79 Å². The molecule has 0 bridgehead atoms. The van der Waals surface area contributed by atoms with Gasteiger partial charge in [0.05, 0.1) is 22.2 Å². The molecule has 1 saturated heterocycles. The molecule has 0 unspecified atom stereocenters. The number of hydrogen-bond acceptors (Lipinski definition) is 4. The van der Waals surface area contributed by atoms with Gasteiger partial charge < -0.3 is 14.4 Å². The third kappa shape index (κ3) is 3.12. The lowest BCUT2D eigenvalue weighted by Crippen LogP contribution is -2.49. The van der Waals surface area contributed by atoms with Crippen LogP contribution in [0.25, 0.3) is 0 Å². The van der Waals surface area contributed by atoms with Crippen molar-refractivity contribution in [2.45, 2.75) is 31.5 Å². The number of rotatable bonds is 3. The highest BCUT2D eigenvalue weighted by Crippen LogP contribution is 2.43. The Labute approximate surface area is 173 Å². The zero-order chi connectivity index (χ0) is 20.1. The lowest BCUT2D eigenvalue weighted by Gasteiger charge is -2.31. The Morgan fingerprint density at radius 3 is 2.68 bits per heavy atom. The zero-order valence-corrected chi connectivity index (χ0v) is 17.0. The number of halogens is 2. The molecule has 5 nitrogen and oxygen atoms in total. The molecule has 1 amide bonds. The summed E-state index contributed by atoms with van der Waals surface area (Å²) in [6, 6.07) is 12.2. The van der Waals surface area contributed by atoms with Gasteiger partial charge in [0.2, 0.25) is 0 Å². The molecule has 0 N–H and O–H groups in total. The van der Waals surface area contributed by atoms with Crippen LogP contribution in [0.2, 0.25) is 10.0 Å². The van der Waals surface area contributed by atoms with E-state index in [9.17, 15) is 9.59 Å². The monoisotopic (exact) mass is 419 g/mol. The van der Waals surface area contributed by atoms with E-state index < -0.39 is 11.2 Å². The number of benzene rings is 2.